The number of ether oxygens (including phenoxy) is 1. The van der Waals surface area contributed by atoms with E-state index in [9.17, 15) is 9.59 Å². The summed E-state index contributed by atoms with van der Waals surface area (Å²) in [5, 5.41) is 7.91. The highest BCUT2D eigenvalue weighted by Gasteiger charge is 2.22. The molecule has 0 radical (unpaired) electrons. The molecular formula is C18H23ClN4O3. The minimum Gasteiger partial charge on any atom is -0.497 e. The summed E-state index contributed by atoms with van der Waals surface area (Å²) in [7, 11) is 1.53. The Morgan fingerprint density at radius 3 is 2.92 bits per heavy atom. The van der Waals surface area contributed by atoms with Crippen molar-refractivity contribution in [2.24, 2.45) is 0 Å². The van der Waals surface area contributed by atoms with Crippen LogP contribution in [0.25, 0.3) is 0 Å². The summed E-state index contributed by atoms with van der Waals surface area (Å²) in [4.78, 5) is 24.9. The average molecular weight is 379 g/mol. The summed E-state index contributed by atoms with van der Waals surface area (Å²) in [6.45, 7) is 3.21. The van der Waals surface area contributed by atoms with Gasteiger partial charge < -0.3 is 10.1 Å². The number of fused-ring (bicyclic) bond motifs is 1. The van der Waals surface area contributed by atoms with Crippen molar-refractivity contribution >= 4 is 17.5 Å². The predicted octanol–water partition coefficient (Wildman–Crippen LogP) is 2.25. The summed E-state index contributed by atoms with van der Waals surface area (Å²) in [5.74, 6) is 1.14. The van der Waals surface area contributed by atoms with Gasteiger partial charge in [0, 0.05) is 36.1 Å². The second-order valence-corrected chi connectivity index (χ2v) is 6.89. The molecular weight excluding hydrogens is 356 g/mol. The molecule has 2 heterocycles. The van der Waals surface area contributed by atoms with Gasteiger partial charge >= 0.3 is 5.69 Å². The van der Waals surface area contributed by atoms with Gasteiger partial charge in [0.2, 0.25) is 0 Å². The maximum absolute atomic E-state index is 12.5. The van der Waals surface area contributed by atoms with E-state index in [-0.39, 0.29) is 17.6 Å². The quantitative estimate of drug-likeness (QED) is 0.865. The second-order valence-electron chi connectivity index (χ2n) is 6.45. The fraction of sp³-hybridized carbons (Fsp3) is 0.500. The lowest BCUT2D eigenvalue weighted by atomic mass is 10.1. The molecule has 3 rings (SSSR count). The number of carbonyl (C=O) groups excluding carboxylic acids is 1. The smallest absolute Gasteiger partial charge is 0.345 e. The van der Waals surface area contributed by atoms with Crippen molar-refractivity contribution in [2.75, 3.05) is 7.11 Å². The van der Waals surface area contributed by atoms with Crippen LogP contribution in [0, 0.1) is 0 Å². The first kappa shape index (κ1) is 18.5. The number of methoxy groups -OCH3 is 1. The van der Waals surface area contributed by atoms with Crippen LogP contribution < -0.4 is 15.7 Å². The molecule has 1 amide bonds. The molecule has 8 heteroatoms. The van der Waals surface area contributed by atoms with Gasteiger partial charge in [-0.3, -0.25) is 9.36 Å². The molecule has 1 aliphatic rings. The van der Waals surface area contributed by atoms with Gasteiger partial charge in [-0.1, -0.05) is 18.5 Å². The number of nitrogens with one attached hydrogen (secondary N) is 1. The Bertz CT molecular complexity index is 859. The summed E-state index contributed by atoms with van der Waals surface area (Å²) in [6, 6.07) is 4.91. The fourth-order valence-electron chi connectivity index (χ4n) is 3.21. The van der Waals surface area contributed by atoms with E-state index in [0.717, 1.165) is 18.7 Å². The maximum Gasteiger partial charge on any atom is 0.345 e. The van der Waals surface area contributed by atoms with Gasteiger partial charge in [0.05, 0.1) is 7.11 Å². The number of aryl methyl sites for hydroxylation is 2. The summed E-state index contributed by atoms with van der Waals surface area (Å²) >= 11 is 6.04. The van der Waals surface area contributed by atoms with Gasteiger partial charge in [0.15, 0.2) is 0 Å². The van der Waals surface area contributed by atoms with Gasteiger partial charge in [-0.15, -0.1) is 0 Å². The van der Waals surface area contributed by atoms with E-state index >= 15 is 0 Å². The molecule has 2 aromatic rings. The van der Waals surface area contributed by atoms with E-state index in [2.05, 4.69) is 10.4 Å². The van der Waals surface area contributed by atoms with E-state index in [1.54, 1.807) is 22.8 Å². The average Bonchev–Trinajstić information content (AvgIpc) is 2.79. The zero-order valence-electron chi connectivity index (χ0n) is 15.0. The third-order valence-corrected chi connectivity index (χ3v) is 4.78. The molecule has 1 unspecified atom stereocenters. The Hall–Kier alpha value is -2.28. The number of nitrogens with zero attached hydrogens (tertiary/aromatic N) is 3. The van der Waals surface area contributed by atoms with Crippen molar-refractivity contribution in [3.05, 3.63) is 45.1 Å². The maximum atomic E-state index is 12.5. The molecule has 1 N–H and O–H groups in total. The van der Waals surface area contributed by atoms with E-state index in [4.69, 9.17) is 16.3 Å². The molecule has 140 valence electrons. The molecule has 0 saturated carbocycles. The van der Waals surface area contributed by atoms with Crippen molar-refractivity contribution < 1.29 is 9.53 Å². The van der Waals surface area contributed by atoms with Crippen LogP contribution in [0.4, 0.5) is 0 Å². The van der Waals surface area contributed by atoms with Crippen molar-refractivity contribution in [3.63, 3.8) is 0 Å². The minimum atomic E-state index is -0.196. The van der Waals surface area contributed by atoms with Crippen LogP contribution in [0.3, 0.4) is 0 Å². The van der Waals surface area contributed by atoms with Gasteiger partial charge in [0.25, 0.3) is 5.91 Å². The van der Waals surface area contributed by atoms with Gasteiger partial charge in [0.1, 0.15) is 11.6 Å². The Morgan fingerprint density at radius 1 is 1.38 bits per heavy atom. The number of amides is 1. The van der Waals surface area contributed by atoms with Crippen LogP contribution in [0.2, 0.25) is 5.02 Å². The largest absolute Gasteiger partial charge is 0.497 e. The lowest BCUT2D eigenvalue weighted by Gasteiger charge is -2.16. The lowest BCUT2D eigenvalue weighted by Crippen LogP contribution is -2.35. The van der Waals surface area contributed by atoms with Gasteiger partial charge in [-0.2, -0.15) is 5.10 Å². The van der Waals surface area contributed by atoms with E-state index in [1.165, 1.54) is 11.8 Å². The van der Waals surface area contributed by atoms with Crippen LogP contribution in [0.1, 0.15) is 42.4 Å². The summed E-state index contributed by atoms with van der Waals surface area (Å²) < 4.78 is 8.42. The molecule has 0 fully saturated rings. The molecule has 1 aliphatic heterocycles. The van der Waals surface area contributed by atoms with Crippen molar-refractivity contribution in [3.8, 4) is 5.75 Å². The van der Waals surface area contributed by atoms with Gasteiger partial charge in [-0.05, 0) is 37.5 Å². The van der Waals surface area contributed by atoms with E-state index < -0.39 is 0 Å². The molecule has 7 nitrogen and oxygen atoms in total. The third kappa shape index (κ3) is 3.93. The highest BCUT2D eigenvalue weighted by Crippen LogP contribution is 2.21. The molecule has 0 aliphatic carbocycles. The zero-order valence-corrected chi connectivity index (χ0v) is 15.8. The molecule has 1 aromatic heterocycles. The number of benzene rings is 1. The number of aromatic nitrogens is 3. The SMILES string of the molecule is CCCn1nc2n(c1=O)CCC(NC(=O)c1cc(Cl)cc(OC)c1)CC2. The van der Waals surface area contributed by atoms with E-state index in [1.807, 2.05) is 6.92 Å². The summed E-state index contributed by atoms with van der Waals surface area (Å²) in [6.07, 6.45) is 2.97. The topological polar surface area (TPSA) is 78.2 Å². The number of rotatable bonds is 5. The summed E-state index contributed by atoms with van der Waals surface area (Å²) in [5.41, 5.74) is 0.398. The highest BCUT2D eigenvalue weighted by molar-refractivity contribution is 6.31. The lowest BCUT2D eigenvalue weighted by molar-refractivity contribution is 0.0932. The monoisotopic (exact) mass is 378 g/mol. The van der Waals surface area contributed by atoms with Crippen LogP contribution in [-0.4, -0.2) is 33.4 Å². The zero-order chi connectivity index (χ0) is 18.7. The Labute approximate surface area is 156 Å². The fourth-order valence-corrected chi connectivity index (χ4v) is 3.44. The van der Waals surface area contributed by atoms with Crippen molar-refractivity contribution in [2.45, 2.75) is 51.7 Å². The van der Waals surface area contributed by atoms with Crippen LogP contribution in [0.15, 0.2) is 23.0 Å². The van der Waals surface area contributed by atoms with Gasteiger partial charge in [-0.25, -0.2) is 9.48 Å². The van der Waals surface area contributed by atoms with Crippen LogP contribution in [-0.2, 0) is 19.5 Å². The Morgan fingerprint density at radius 2 is 2.19 bits per heavy atom. The van der Waals surface area contributed by atoms with E-state index in [0.29, 0.717) is 42.3 Å². The molecule has 0 saturated heterocycles. The van der Waals surface area contributed by atoms with Crippen molar-refractivity contribution in [1.29, 1.82) is 0 Å². The number of halogens is 1. The molecule has 1 atom stereocenters. The Kier molecular flexibility index (Phi) is 5.66. The number of hydrogen-bond donors (Lipinski definition) is 1. The predicted molar refractivity (Wildman–Crippen MR) is 99.0 cm³/mol. The third-order valence-electron chi connectivity index (χ3n) is 4.56. The Balaban J connectivity index is 1.68. The number of hydrogen-bond acceptors (Lipinski definition) is 4. The van der Waals surface area contributed by atoms with Crippen LogP contribution >= 0.6 is 11.6 Å². The van der Waals surface area contributed by atoms with Crippen molar-refractivity contribution in [1.82, 2.24) is 19.7 Å². The highest BCUT2D eigenvalue weighted by atomic mass is 35.5. The minimum absolute atomic E-state index is 0.0202. The second kappa shape index (κ2) is 7.95. The standard InChI is InChI=1S/C18H23ClN4O3/c1-3-7-23-18(25)22-8-6-14(4-5-16(22)21-23)20-17(24)12-9-13(19)11-15(10-12)26-2/h9-11,14H,3-8H2,1-2H3,(H,20,24). The first-order valence-corrected chi connectivity index (χ1v) is 9.21. The molecule has 0 bridgehead atoms. The van der Waals surface area contributed by atoms with Crippen LogP contribution in [0.5, 0.6) is 5.75 Å². The first-order chi connectivity index (χ1) is 12.5. The number of carbonyl (C=O) groups is 1. The molecule has 1 aromatic carbocycles. The normalized spacial score (nSPS) is 16.7. The molecule has 0 spiro atoms. The molecule has 26 heavy (non-hydrogen) atoms. The first-order valence-electron chi connectivity index (χ1n) is 8.83.